The molecule has 1 fully saturated rings. The van der Waals surface area contributed by atoms with Gasteiger partial charge in [0.2, 0.25) is 5.91 Å². The molecule has 0 atom stereocenters. The highest BCUT2D eigenvalue weighted by atomic mass is 79.9. The molecule has 1 aliphatic rings. The first kappa shape index (κ1) is 29.5. The number of pyridine rings is 1. The van der Waals surface area contributed by atoms with Gasteiger partial charge in [-0.15, -0.1) is 11.3 Å². The molecule has 3 aromatic heterocycles. The van der Waals surface area contributed by atoms with E-state index in [2.05, 4.69) is 20.9 Å². The van der Waals surface area contributed by atoms with Crippen LogP contribution in [0, 0.1) is 21.7 Å². The second kappa shape index (κ2) is 11.8. The lowest BCUT2D eigenvalue weighted by molar-refractivity contribution is -0.384. The molecule has 44 heavy (non-hydrogen) atoms. The molecule has 224 valence electrons. The molecule has 0 N–H and O–H groups in total. The number of carbonyl (C=O) groups excluding carboxylic acids is 1. The summed E-state index contributed by atoms with van der Waals surface area (Å²) in [6, 6.07) is 12.2. The summed E-state index contributed by atoms with van der Waals surface area (Å²) in [5.41, 5.74) is -0.458. The molecule has 0 saturated carbocycles. The zero-order chi connectivity index (χ0) is 31.1. The van der Waals surface area contributed by atoms with E-state index in [-0.39, 0.29) is 38.5 Å². The number of anilines is 1. The monoisotopic (exact) mass is 681 g/mol. The number of fused-ring (bicyclic) bond motifs is 1. The summed E-state index contributed by atoms with van der Waals surface area (Å²) < 4.78 is 31.6. The van der Waals surface area contributed by atoms with Gasteiger partial charge in [0, 0.05) is 40.9 Å². The second-order valence-corrected chi connectivity index (χ2v) is 11.7. The Morgan fingerprint density at radius 2 is 1.70 bits per heavy atom. The maximum Gasteiger partial charge on any atom is 0.338 e. The van der Waals surface area contributed by atoms with Gasteiger partial charge in [0.05, 0.1) is 28.7 Å². The molecule has 5 aromatic rings. The molecule has 6 rings (SSSR count). The van der Waals surface area contributed by atoms with Crippen molar-refractivity contribution in [2.24, 2.45) is 0 Å². The van der Waals surface area contributed by atoms with Crippen LogP contribution in [0.5, 0.6) is 0 Å². The number of carbonyl (C=O) groups is 1. The van der Waals surface area contributed by atoms with Crippen LogP contribution in [-0.4, -0.2) is 31.5 Å². The van der Waals surface area contributed by atoms with Gasteiger partial charge in [0.25, 0.3) is 11.2 Å². The van der Waals surface area contributed by atoms with Crippen molar-refractivity contribution >= 4 is 54.8 Å². The molecule has 0 radical (unpaired) electrons. The first-order chi connectivity index (χ1) is 21.2. The number of non-ortho nitro benzene ring substituents is 1. The van der Waals surface area contributed by atoms with Gasteiger partial charge < -0.3 is 4.90 Å². The smallest absolute Gasteiger partial charge is 0.311 e. The highest BCUT2D eigenvalue weighted by molar-refractivity contribution is 9.08. The van der Waals surface area contributed by atoms with Crippen LogP contribution in [0.4, 0.5) is 20.2 Å². The van der Waals surface area contributed by atoms with Gasteiger partial charge in [-0.25, -0.2) is 23.1 Å². The molecule has 4 heterocycles. The molecule has 0 spiro atoms. The van der Waals surface area contributed by atoms with E-state index in [0.717, 1.165) is 45.4 Å². The molecule has 0 bridgehead atoms. The third-order valence-corrected chi connectivity index (χ3v) is 9.39. The van der Waals surface area contributed by atoms with Crippen LogP contribution in [0.2, 0.25) is 0 Å². The third-order valence-electron chi connectivity index (χ3n) is 7.52. The molecule has 10 nitrogen and oxygen atoms in total. The Hall–Kier alpha value is -4.56. The number of thiophene rings is 1. The van der Waals surface area contributed by atoms with Gasteiger partial charge >= 0.3 is 5.69 Å². The zero-order valence-electron chi connectivity index (χ0n) is 22.8. The molecule has 0 unspecified atom stereocenters. The number of benzene rings is 2. The van der Waals surface area contributed by atoms with Crippen LogP contribution < -0.4 is 16.1 Å². The van der Waals surface area contributed by atoms with Crippen molar-refractivity contribution in [3.63, 3.8) is 0 Å². The lowest BCUT2D eigenvalue weighted by Gasteiger charge is -2.26. The van der Waals surface area contributed by atoms with Crippen molar-refractivity contribution < 1.29 is 18.5 Å². The van der Waals surface area contributed by atoms with Gasteiger partial charge in [-0.2, -0.15) is 0 Å². The Morgan fingerprint density at radius 1 is 0.977 bits per heavy atom. The number of hydrogen-bond acceptors (Lipinski definition) is 7. The first-order valence-electron chi connectivity index (χ1n) is 13.5. The Balaban J connectivity index is 1.59. The van der Waals surface area contributed by atoms with E-state index in [0.29, 0.717) is 34.7 Å². The molecule has 1 saturated heterocycles. The van der Waals surface area contributed by atoms with Gasteiger partial charge in [0.15, 0.2) is 0 Å². The minimum atomic E-state index is -0.864. The van der Waals surface area contributed by atoms with Gasteiger partial charge in [0.1, 0.15) is 22.3 Å². The standard InChI is InChI=1S/C30H22BrF2N5O5S/c31-14-20-26-28(40)37(24-12-11-19(15-34-24)35-13-2-1-6-25(35)39)30(41)36(16-21-22(32)4-3-5-23(21)33)29(26)44-27(20)17-7-9-18(10-8-17)38(42)43/h3-5,7-12,15H,1-2,6,13-14,16H2. The van der Waals surface area contributed by atoms with Crippen LogP contribution in [0.25, 0.3) is 26.5 Å². The second-order valence-electron chi connectivity index (χ2n) is 10.1. The number of nitro benzene ring substituents is 1. The van der Waals surface area contributed by atoms with E-state index in [9.17, 15) is 33.3 Å². The maximum atomic E-state index is 14.8. The van der Waals surface area contributed by atoms with Crippen LogP contribution in [0.3, 0.4) is 0 Å². The van der Waals surface area contributed by atoms with Gasteiger partial charge in [-0.1, -0.05) is 22.0 Å². The van der Waals surface area contributed by atoms with Crippen molar-refractivity contribution in [3.05, 3.63) is 115 Å². The average molecular weight is 683 g/mol. The van der Waals surface area contributed by atoms with E-state index >= 15 is 0 Å². The fraction of sp³-hybridized carbons (Fsp3) is 0.200. The summed E-state index contributed by atoms with van der Waals surface area (Å²) in [7, 11) is 0. The number of nitrogens with zero attached hydrogens (tertiary/aromatic N) is 5. The van der Waals surface area contributed by atoms with Crippen molar-refractivity contribution in [3.8, 4) is 16.3 Å². The van der Waals surface area contributed by atoms with Crippen LogP contribution >= 0.6 is 27.3 Å². The van der Waals surface area contributed by atoms with E-state index in [4.69, 9.17) is 0 Å². The molecule has 2 aromatic carbocycles. The van der Waals surface area contributed by atoms with E-state index in [1.165, 1.54) is 42.6 Å². The van der Waals surface area contributed by atoms with E-state index in [1.54, 1.807) is 11.0 Å². The fourth-order valence-electron chi connectivity index (χ4n) is 5.30. The number of alkyl halides is 1. The molecular formula is C30H22BrF2N5O5S. The number of aromatic nitrogens is 3. The normalized spacial score (nSPS) is 13.5. The summed E-state index contributed by atoms with van der Waals surface area (Å²) in [6.45, 7) is 0.0120. The summed E-state index contributed by atoms with van der Waals surface area (Å²) >= 11 is 4.51. The molecule has 14 heteroatoms. The van der Waals surface area contributed by atoms with Crippen molar-refractivity contribution in [1.29, 1.82) is 0 Å². The molecule has 1 amide bonds. The number of piperidine rings is 1. The van der Waals surface area contributed by atoms with Gasteiger partial charge in [-0.3, -0.25) is 24.3 Å². The third kappa shape index (κ3) is 5.13. The fourth-order valence-corrected chi connectivity index (χ4v) is 7.35. The number of amides is 1. The van der Waals surface area contributed by atoms with Crippen LogP contribution in [-0.2, 0) is 16.7 Å². The van der Waals surface area contributed by atoms with Crippen LogP contribution in [0.15, 0.2) is 70.4 Å². The number of hydrogen-bond donors (Lipinski definition) is 0. The maximum absolute atomic E-state index is 14.8. The lowest BCUT2D eigenvalue weighted by Crippen LogP contribution is -2.39. The van der Waals surface area contributed by atoms with Crippen LogP contribution in [0.1, 0.15) is 30.4 Å². The summed E-state index contributed by atoms with van der Waals surface area (Å²) in [5, 5.41) is 11.5. The molecular weight excluding hydrogens is 660 g/mol. The minimum Gasteiger partial charge on any atom is -0.311 e. The Labute approximate surface area is 260 Å². The topological polar surface area (TPSA) is 120 Å². The van der Waals surface area contributed by atoms with E-state index in [1.807, 2.05) is 0 Å². The average Bonchev–Trinajstić information content (AvgIpc) is 3.41. The number of nitro groups is 1. The lowest BCUT2D eigenvalue weighted by atomic mass is 10.1. The summed E-state index contributed by atoms with van der Waals surface area (Å²) in [5.74, 6) is -1.78. The van der Waals surface area contributed by atoms with Crippen molar-refractivity contribution in [2.75, 3.05) is 11.4 Å². The Bertz CT molecular complexity index is 2040. The highest BCUT2D eigenvalue weighted by Crippen LogP contribution is 2.39. The van der Waals surface area contributed by atoms with Crippen molar-refractivity contribution in [1.82, 2.24) is 14.1 Å². The quantitative estimate of drug-likeness (QED) is 0.119. The molecule has 1 aliphatic heterocycles. The Kier molecular flexibility index (Phi) is 7.95. The number of rotatable bonds is 7. The highest BCUT2D eigenvalue weighted by Gasteiger charge is 2.26. The predicted molar refractivity (Wildman–Crippen MR) is 166 cm³/mol. The summed E-state index contributed by atoms with van der Waals surface area (Å²) in [6.07, 6.45) is 3.47. The largest absolute Gasteiger partial charge is 0.338 e. The summed E-state index contributed by atoms with van der Waals surface area (Å²) in [4.78, 5) is 57.9. The Morgan fingerprint density at radius 3 is 2.32 bits per heavy atom. The van der Waals surface area contributed by atoms with E-state index < -0.39 is 34.4 Å². The van der Waals surface area contributed by atoms with Crippen molar-refractivity contribution in [2.45, 2.75) is 31.1 Å². The number of halogens is 3. The minimum absolute atomic E-state index is 0.0264. The zero-order valence-corrected chi connectivity index (χ0v) is 25.2. The predicted octanol–water partition coefficient (Wildman–Crippen LogP) is 5.92. The van der Waals surface area contributed by atoms with Gasteiger partial charge in [-0.05, 0) is 60.4 Å². The first-order valence-corrected chi connectivity index (χ1v) is 15.4. The SMILES string of the molecule is O=C1CCCCN1c1ccc(-n2c(=O)c3c(CBr)c(-c4ccc([N+](=O)[O-])cc4)sc3n(Cc3c(F)cccc3F)c2=O)nc1. The molecule has 0 aliphatic carbocycles.